The van der Waals surface area contributed by atoms with E-state index in [4.69, 9.17) is 0 Å². The van der Waals surface area contributed by atoms with Crippen LogP contribution in [0.25, 0.3) is 0 Å². The Morgan fingerprint density at radius 1 is 1.24 bits per heavy atom. The van der Waals surface area contributed by atoms with Crippen LogP contribution < -0.4 is 5.32 Å². The Bertz CT molecular complexity index is 428. The standard InChI is InChI=1S/C18H28N2S/c1-16-9-12-19-18(10-5-6-11-18)15-20(16)13-14-21-17-7-3-2-4-8-17/h2-4,7-8,16,19H,5-6,9-15H2,1H3. The maximum atomic E-state index is 3.88. The molecule has 1 N–H and O–H groups in total. The Kier molecular flexibility index (Phi) is 5.25. The zero-order valence-electron chi connectivity index (χ0n) is 13.2. The highest BCUT2D eigenvalue weighted by Gasteiger charge is 2.37. The highest BCUT2D eigenvalue weighted by atomic mass is 32.2. The first kappa shape index (κ1) is 15.4. The van der Waals surface area contributed by atoms with Crippen LogP contribution in [-0.4, -0.2) is 41.9 Å². The molecule has 2 nitrogen and oxygen atoms in total. The van der Waals surface area contributed by atoms with Crippen molar-refractivity contribution in [1.82, 2.24) is 10.2 Å². The molecule has 2 fully saturated rings. The van der Waals surface area contributed by atoms with Crippen LogP contribution in [-0.2, 0) is 0 Å². The zero-order chi connectivity index (χ0) is 14.5. The minimum atomic E-state index is 0.433. The lowest BCUT2D eigenvalue weighted by molar-refractivity contribution is 0.178. The van der Waals surface area contributed by atoms with E-state index in [0.29, 0.717) is 11.6 Å². The summed E-state index contributed by atoms with van der Waals surface area (Å²) >= 11 is 1.99. The van der Waals surface area contributed by atoms with Crippen molar-refractivity contribution in [3.63, 3.8) is 0 Å². The molecule has 3 heteroatoms. The fourth-order valence-electron chi connectivity index (χ4n) is 3.81. The lowest BCUT2D eigenvalue weighted by Crippen LogP contribution is -2.50. The normalized spacial score (nSPS) is 26.0. The van der Waals surface area contributed by atoms with Gasteiger partial charge in [-0.2, -0.15) is 0 Å². The van der Waals surface area contributed by atoms with Crippen LogP contribution >= 0.6 is 11.8 Å². The average molecular weight is 305 g/mol. The van der Waals surface area contributed by atoms with Gasteiger partial charge in [-0.3, -0.25) is 4.90 Å². The van der Waals surface area contributed by atoms with Gasteiger partial charge in [-0.1, -0.05) is 31.0 Å². The van der Waals surface area contributed by atoms with Gasteiger partial charge in [0.2, 0.25) is 0 Å². The molecule has 21 heavy (non-hydrogen) atoms. The summed E-state index contributed by atoms with van der Waals surface area (Å²) in [7, 11) is 0. The van der Waals surface area contributed by atoms with E-state index in [-0.39, 0.29) is 0 Å². The third-order valence-corrected chi connectivity index (χ3v) is 6.13. The van der Waals surface area contributed by atoms with Gasteiger partial charge >= 0.3 is 0 Å². The van der Waals surface area contributed by atoms with Crippen LogP contribution in [0.4, 0.5) is 0 Å². The van der Waals surface area contributed by atoms with E-state index in [1.54, 1.807) is 0 Å². The number of hydrogen-bond donors (Lipinski definition) is 1. The van der Waals surface area contributed by atoms with Crippen LogP contribution in [0.5, 0.6) is 0 Å². The van der Waals surface area contributed by atoms with Crippen LogP contribution in [0.1, 0.15) is 39.0 Å². The van der Waals surface area contributed by atoms with Gasteiger partial charge in [0, 0.05) is 35.3 Å². The quantitative estimate of drug-likeness (QED) is 0.852. The number of benzene rings is 1. The fraction of sp³-hybridized carbons (Fsp3) is 0.667. The van der Waals surface area contributed by atoms with Gasteiger partial charge in [-0.25, -0.2) is 0 Å². The number of thioether (sulfide) groups is 1. The van der Waals surface area contributed by atoms with Crippen LogP contribution in [0.3, 0.4) is 0 Å². The van der Waals surface area contributed by atoms with E-state index in [9.17, 15) is 0 Å². The van der Waals surface area contributed by atoms with Gasteiger partial charge in [0.1, 0.15) is 0 Å². The molecule has 1 saturated heterocycles. The fourth-order valence-corrected chi connectivity index (χ4v) is 4.72. The molecule has 116 valence electrons. The summed E-state index contributed by atoms with van der Waals surface area (Å²) in [5.41, 5.74) is 0.433. The summed E-state index contributed by atoms with van der Waals surface area (Å²) in [5, 5.41) is 3.88. The number of nitrogens with zero attached hydrogens (tertiary/aromatic N) is 1. The van der Waals surface area contributed by atoms with Gasteiger partial charge in [-0.05, 0) is 44.9 Å². The number of nitrogens with one attached hydrogen (secondary N) is 1. The molecule has 1 unspecified atom stereocenters. The van der Waals surface area contributed by atoms with Gasteiger partial charge in [0.05, 0.1) is 0 Å². The molecule has 1 aliphatic carbocycles. The summed E-state index contributed by atoms with van der Waals surface area (Å²) in [6, 6.07) is 11.5. The van der Waals surface area contributed by atoms with Crippen molar-refractivity contribution in [1.29, 1.82) is 0 Å². The van der Waals surface area contributed by atoms with Crippen molar-refractivity contribution in [2.24, 2.45) is 0 Å². The molecule has 0 radical (unpaired) electrons. The molecule has 0 bridgehead atoms. The molecule has 1 saturated carbocycles. The van der Waals surface area contributed by atoms with Crippen LogP contribution in [0.2, 0.25) is 0 Å². The summed E-state index contributed by atoms with van der Waals surface area (Å²) in [5.74, 6) is 1.20. The summed E-state index contributed by atoms with van der Waals surface area (Å²) in [4.78, 5) is 4.13. The van der Waals surface area contributed by atoms with Gasteiger partial charge < -0.3 is 5.32 Å². The Balaban J connectivity index is 1.54. The van der Waals surface area contributed by atoms with Gasteiger partial charge in [0.15, 0.2) is 0 Å². The van der Waals surface area contributed by atoms with Gasteiger partial charge in [-0.15, -0.1) is 11.8 Å². The molecule has 1 aromatic carbocycles. The topological polar surface area (TPSA) is 15.3 Å². The number of rotatable bonds is 4. The van der Waals surface area contributed by atoms with Crippen molar-refractivity contribution >= 4 is 11.8 Å². The first-order valence-corrected chi connectivity index (χ1v) is 9.43. The van der Waals surface area contributed by atoms with Crippen molar-refractivity contribution in [2.45, 2.75) is 55.5 Å². The zero-order valence-corrected chi connectivity index (χ0v) is 14.0. The molecule has 1 spiro atoms. The van der Waals surface area contributed by atoms with Crippen molar-refractivity contribution in [3.05, 3.63) is 30.3 Å². The summed E-state index contributed by atoms with van der Waals surface area (Å²) in [6.07, 6.45) is 6.86. The molecule has 1 aliphatic heterocycles. The lowest BCUT2D eigenvalue weighted by atomic mass is 9.97. The second-order valence-corrected chi connectivity index (χ2v) is 7.85. The number of hydrogen-bond acceptors (Lipinski definition) is 3. The molecule has 1 heterocycles. The predicted octanol–water partition coefficient (Wildman–Crippen LogP) is 3.78. The Hall–Kier alpha value is -0.510. The largest absolute Gasteiger partial charge is 0.310 e. The third-order valence-electron chi connectivity index (χ3n) is 5.14. The Morgan fingerprint density at radius 2 is 2.00 bits per heavy atom. The molecule has 2 aliphatic rings. The third kappa shape index (κ3) is 4.02. The van der Waals surface area contributed by atoms with Crippen molar-refractivity contribution < 1.29 is 0 Å². The molecule has 3 rings (SSSR count). The highest BCUT2D eigenvalue weighted by molar-refractivity contribution is 7.99. The van der Waals surface area contributed by atoms with E-state index >= 15 is 0 Å². The van der Waals surface area contributed by atoms with E-state index in [2.05, 4.69) is 47.5 Å². The lowest BCUT2D eigenvalue weighted by Gasteiger charge is -2.35. The van der Waals surface area contributed by atoms with Crippen molar-refractivity contribution in [2.75, 3.05) is 25.4 Å². The van der Waals surface area contributed by atoms with E-state index < -0.39 is 0 Å². The van der Waals surface area contributed by atoms with Crippen LogP contribution in [0, 0.1) is 0 Å². The SMILES string of the molecule is CC1CCNC2(CCCC2)CN1CCSc1ccccc1. The first-order valence-electron chi connectivity index (χ1n) is 8.44. The second-order valence-electron chi connectivity index (χ2n) is 6.68. The first-order chi connectivity index (χ1) is 10.3. The van der Waals surface area contributed by atoms with Crippen LogP contribution in [0.15, 0.2) is 35.2 Å². The molecule has 0 aromatic heterocycles. The maximum Gasteiger partial charge on any atom is 0.0308 e. The van der Waals surface area contributed by atoms with Crippen molar-refractivity contribution in [3.8, 4) is 0 Å². The monoisotopic (exact) mass is 304 g/mol. The molecule has 1 atom stereocenters. The van der Waals surface area contributed by atoms with E-state index in [1.807, 2.05) is 11.8 Å². The Morgan fingerprint density at radius 3 is 2.76 bits per heavy atom. The van der Waals surface area contributed by atoms with E-state index in [0.717, 1.165) is 0 Å². The second kappa shape index (κ2) is 7.17. The maximum absolute atomic E-state index is 3.88. The average Bonchev–Trinajstić information content (AvgIpc) is 2.89. The molecule has 1 aromatic rings. The molecular weight excluding hydrogens is 276 g/mol. The summed E-state index contributed by atoms with van der Waals surface area (Å²) < 4.78 is 0. The smallest absolute Gasteiger partial charge is 0.0308 e. The summed E-state index contributed by atoms with van der Waals surface area (Å²) in [6.45, 7) is 6.07. The minimum Gasteiger partial charge on any atom is -0.310 e. The molecular formula is C18H28N2S. The van der Waals surface area contributed by atoms with Gasteiger partial charge in [0.25, 0.3) is 0 Å². The van der Waals surface area contributed by atoms with E-state index in [1.165, 1.54) is 62.4 Å². The Labute approximate surface area is 133 Å². The molecule has 0 amide bonds. The minimum absolute atomic E-state index is 0.433. The predicted molar refractivity (Wildman–Crippen MR) is 92.0 cm³/mol. The highest BCUT2D eigenvalue weighted by Crippen LogP contribution is 2.33.